The van der Waals surface area contributed by atoms with Gasteiger partial charge in [-0.25, -0.2) is 9.79 Å². The molecule has 1 aromatic carbocycles. The number of carbonyl (C=O) groups excluding carboxylic acids is 2. The van der Waals surface area contributed by atoms with Crippen molar-refractivity contribution in [2.24, 2.45) is 4.99 Å². The zero-order valence-corrected chi connectivity index (χ0v) is 14.2. The van der Waals surface area contributed by atoms with Gasteiger partial charge in [-0.05, 0) is 5.56 Å². The fraction of sp³-hybridized carbons (Fsp3) is 0.438. The monoisotopic (exact) mass is 332 g/mol. The van der Waals surface area contributed by atoms with Crippen molar-refractivity contribution >= 4 is 28.9 Å². The third-order valence-electron chi connectivity index (χ3n) is 3.86. The van der Waals surface area contributed by atoms with E-state index >= 15 is 0 Å². The van der Waals surface area contributed by atoms with Gasteiger partial charge in [0.15, 0.2) is 17.4 Å². The van der Waals surface area contributed by atoms with Gasteiger partial charge in [-0.1, -0.05) is 55.9 Å². The standard InChI is InChI=1S/C16H20N4O2S/c1-10(2)23-16-17-13-12(14(21)18-15(22)19(13)3)20(16)9-11-7-5-4-6-8-11/h4-8,10,12-13H,9H2,1-3H3,(H,18,21,22). The summed E-state index contributed by atoms with van der Waals surface area (Å²) in [4.78, 5) is 32.4. The number of fused-ring (bicyclic) bond motifs is 1. The fourth-order valence-electron chi connectivity index (χ4n) is 2.76. The first-order valence-corrected chi connectivity index (χ1v) is 8.48. The van der Waals surface area contributed by atoms with E-state index in [1.54, 1.807) is 18.8 Å². The van der Waals surface area contributed by atoms with E-state index in [2.05, 4.69) is 24.2 Å². The fourth-order valence-corrected chi connectivity index (χ4v) is 3.66. The molecule has 2 atom stereocenters. The maximum atomic E-state index is 12.4. The van der Waals surface area contributed by atoms with E-state index in [-0.39, 0.29) is 5.91 Å². The minimum absolute atomic E-state index is 0.280. The predicted molar refractivity (Wildman–Crippen MR) is 91.0 cm³/mol. The molecular weight excluding hydrogens is 312 g/mol. The Kier molecular flexibility index (Phi) is 4.30. The second-order valence-electron chi connectivity index (χ2n) is 5.96. The minimum atomic E-state index is -0.473. The van der Waals surface area contributed by atoms with Crippen LogP contribution in [0.3, 0.4) is 0 Å². The molecule has 2 aliphatic heterocycles. The largest absolute Gasteiger partial charge is 0.331 e. The lowest BCUT2D eigenvalue weighted by molar-refractivity contribution is -0.127. The van der Waals surface area contributed by atoms with Crippen LogP contribution in [0.2, 0.25) is 0 Å². The highest BCUT2D eigenvalue weighted by atomic mass is 32.2. The molecule has 0 saturated carbocycles. The Morgan fingerprint density at radius 1 is 1.26 bits per heavy atom. The molecule has 0 bridgehead atoms. The van der Waals surface area contributed by atoms with Gasteiger partial charge in [0.05, 0.1) is 0 Å². The number of hydrogen-bond donors (Lipinski definition) is 1. The maximum Gasteiger partial charge on any atom is 0.325 e. The number of amides is 3. The molecule has 1 aromatic rings. The molecule has 0 aromatic heterocycles. The van der Waals surface area contributed by atoms with Crippen LogP contribution in [0.15, 0.2) is 35.3 Å². The van der Waals surface area contributed by atoms with Gasteiger partial charge >= 0.3 is 6.03 Å². The second kappa shape index (κ2) is 6.23. The van der Waals surface area contributed by atoms with E-state index in [1.807, 2.05) is 35.2 Å². The molecule has 7 heteroatoms. The van der Waals surface area contributed by atoms with E-state index in [0.29, 0.717) is 11.8 Å². The van der Waals surface area contributed by atoms with Crippen LogP contribution in [0.5, 0.6) is 0 Å². The first-order chi connectivity index (χ1) is 11.0. The van der Waals surface area contributed by atoms with Crippen LogP contribution >= 0.6 is 11.8 Å². The molecule has 6 nitrogen and oxygen atoms in total. The molecule has 23 heavy (non-hydrogen) atoms. The van der Waals surface area contributed by atoms with E-state index in [0.717, 1.165) is 10.7 Å². The number of carbonyl (C=O) groups is 2. The summed E-state index contributed by atoms with van der Waals surface area (Å²) in [5, 5.41) is 3.57. The zero-order chi connectivity index (χ0) is 16.6. The van der Waals surface area contributed by atoms with Gasteiger partial charge in [-0.3, -0.25) is 10.1 Å². The summed E-state index contributed by atoms with van der Waals surface area (Å²) in [6, 6.07) is 9.11. The number of amidine groups is 1. The number of imide groups is 1. The number of benzene rings is 1. The van der Waals surface area contributed by atoms with E-state index in [4.69, 9.17) is 0 Å². The number of urea groups is 1. The first-order valence-electron chi connectivity index (χ1n) is 7.60. The van der Waals surface area contributed by atoms with Crippen LogP contribution in [-0.4, -0.2) is 51.4 Å². The lowest BCUT2D eigenvalue weighted by Crippen LogP contribution is -2.63. The van der Waals surface area contributed by atoms with E-state index < -0.39 is 18.2 Å². The SMILES string of the molecule is CC(C)SC1=NC2C(C(=O)NC(=O)N2C)N1Cc1ccccc1. The number of aliphatic imine (C=N–C) groups is 1. The molecular formula is C16H20N4O2S. The Morgan fingerprint density at radius 2 is 1.96 bits per heavy atom. The van der Waals surface area contributed by atoms with Gasteiger partial charge < -0.3 is 9.80 Å². The van der Waals surface area contributed by atoms with Crippen molar-refractivity contribution in [2.75, 3.05) is 7.05 Å². The smallest absolute Gasteiger partial charge is 0.325 e. The average molecular weight is 332 g/mol. The van der Waals surface area contributed by atoms with Gasteiger partial charge in [0, 0.05) is 18.8 Å². The van der Waals surface area contributed by atoms with Crippen LogP contribution in [-0.2, 0) is 11.3 Å². The lowest BCUT2D eigenvalue weighted by atomic mass is 10.1. The summed E-state index contributed by atoms with van der Waals surface area (Å²) in [6.07, 6.45) is -0.457. The number of hydrogen-bond acceptors (Lipinski definition) is 5. The van der Waals surface area contributed by atoms with Crippen molar-refractivity contribution in [3.05, 3.63) is 35.9 Å². The summed E-state index contributed by atoms with van der Waals surface area (Å²) in [7, 11) is 1.67. The highest BCUT2D eigenvalue weighted by molar-refractivity contribution is 8.14. The highest BCUT2D eigenvalue weighted by Crippen LogP contribution is 2.31. The summed E-state index contributed by atoms with van der Waals surface area (Å²) >= 11 is 1.62. The number of rotatable bonds is 3. The molecule has 1 N–H and O–H groups in total. The molecule has 2 aliphatic rings. The van der Waals surface area contributed by atoms with Gasteiger partial charge in [0.25, 0.3) is 5.91 Å². The first kappa shape index (κ1) is 15.9. The maximum absolute atomic E-state index is 12.4. The molecule has 0 aliphatic carbocycles. The molecule has 1 fully saturated rings. The van der Waals surface area contributed by atoms with E-state index in [1.165, 1.54) is 4.90 Å². The second-order valence-corrected chi connectivity index (χ2v) is 7.50. The Balaban J connectivity index is 1.92. The van der Waals surface area contributed by atoms with Crippen molar-refractivity contribution in [1.82, 2.24) is 15.1 Å². The quantitative estimate of drug-likeness (QED) is 0.918. The van der Waals surface area contributed by atoms with Gasteiger partial charge in [0.2, 0.25) is 0 Å². The summed E-state index contributed by atoms with van der Waals surface area (Å²) < 4.78 is 0. The number of likely N-dealkylation sites (N-methyl/N-ethyl adjacent to an activating group) is 1. The minimum Gasteiger partial charge on any atom is -0.331 e. The number of nitrogens with one attached hydrogen (secondary N) is 1. The van der Waals surface area contributed by atoms with Gasteiger partial charge in [-0.2, -0.15) is 0 Å². The summed E-state index contributed by atoms with van der Waals surface area (Å²) in [5.74, 6) is -0.280. The Labute approximate surface area is 139 Å². The molecule has 2 unspecified atom stereocenters. The lowest BCUT2D eigenvalue weighted by Gasteiger charge is -2.36. The van der Waals surface area contributed by atoms with Crippen molar-refractivity contribution in [2.45, 2.75) is 37.8 Å². The number of thioether (sulfide) groups is 1. The van der Waals surface area contributed by atoms with Crippen molar-refractivity contribution in [3.8, 4) is 0 Å². The van der Waals surface area contributed by atoms with Gasteiger partial charge in [0.1, 0.15) is 0 Å². The molecule has 0 radical (unpaired) electrons. The van der Waals surface area contributed by atoms with Gasteiger partial charge in [-0.15, -0.1) is 0 Å². The Bertz CT molecular complexity index is 647. The van der Waals surface area contributed by atoms with Crippen molar-refractivity contribution in [3.63, 3.8) is 0 Å². The third-order valence-corrected chi connectivity index (χ3v) is 4.88. The molecule has 3 rings (SSSR count). The molecule has 0 spiro atoms. The highest BCUT2D eigenvalue weighted by Gasteiger charge is 2.48. The van der Waals surface area contributed by atoms with Crippen molar-refractivity contribution in [1.29, 1.82) is 0 Å². The number of nitrogens with zero attached hydrogens (tertiary/aromatic N) is 3. The van der Waals surface area contributed by atoms with Crippen molar-refractivity contribution < 1.29 is 9.59 Å². The molecule has 122 valence electrons. The third kappa shape index (κ3) is 3.06. The predicted octanol–water partition coefficient (Wildman–Crippen LogP) is 1.88. The van der Waals surface area contributed by atoms with Crippen LogP contribution in [0.25, 0.3) is 0 Å². The van der Waals surface area contributed by atoms with Crippen LogP contribution in [0.1, 0.15) is 19.4 Å². The zero-order valence-electron chi connectivity index (χ0n) is 13.4. The Morgan fingerprint density at radius 3 is 2.61 bits per heavy atom. The Hall–Kier alpha value is -2.02. The summed E-state index contributed by atoms with van der Waals surface area (Å²) in [6.45, 7) is 4.77. The normalized spacial score (nSPS) is 23.9. The topological polar surface area (TPSA) is 65.0 Å². The van der Waals surface area contributed by atoms with Crippen LogP contribution in [0.4, 0.5) is 4.79 Å². The molecule has 2 heterocycles. The van der Waals surface area contributed by atoms with Crippen LogP contribution in [0, 0.1) is 0 Å². The van der Waals surface area contributed by atoms with E-state index in [9.17, 15) is 9.59 Å². The summed E-state index contributed by atoms with van der Waals surface area (Å²) in [5.41, 5.74) is 1.11. The molecule has 1 saturated heterocycles. The van der Waals surface area contributed by atoms with Crippen LogP contribution < -0.4 is 5.32 Å². The molecule has 3 amide bonds. The average Bonchev–Trinajstić information content (AvgIpc) is 2.84.